The molecule has 1 unspecified atom stereocenters. The monoisotopic (exact) mass is 276 g/mol. The zero-order chi connectivity index (χ0) is 14.3. The van der Waals surface area contributed by atoms with E-state index in [1.54, 1.807) is 12.1 Å². The molecule has 1 amide bonds. The largest absolute Gasteiger partial charge is 0.481 e. The summed E-state index contributed by atoms with van der Waals surface area (Å²) in [4.78, 5) is 27.6. The van der Waals surface area contributed by atoms with Crippen molar-refractivity contribution in [2.24, 2.45) is 5.92 Å². The van der Waals surface area contributed by atoms with Crippen molar-refractivity contribution in [1.29, 1.82) is 0 Å². The lowest BCUT2D eigenvalue weighted by Gasteiger charge is -2.14. The Kier molecular flexibility index (Phi) is 2.93. The maximum Gasteiger partial charge on any atom is 0.308 e. The highest BCUT2D eigenvalue weighted by Gasteiger charge is 2.31. The number of amides is 1. The summed E-state index contributed by atoms with van der Waals surface area (Å²) in [5.74, 6) is -1.98. The van der Waals surface area contributed by atoms with Gasteiger partial charge in [0.15, 0.2) is 0 Å². The van der Waals surface area contributed by atoms with E-state index in [9.17, 15) is 14.0 Å². The second-order valence-corrected chi connectivity index (χ2v) is 4.99. The minimum Gasteiger partial charge on any atom is -0.481 e. The van der Waals surface area contributed by atoms with Crippen LogP contribution in [0.3, 0.4) is 0 Å². The summed E-state index contributed by atoms with van der Waals surface area (Å²) in [6.07, 6.45) is 0.468. The van der Waals surface area contributed by atoms with Crippen molar-refractivity contribution in [3.05, 3.63) is 35.8 Å². The van der Waals surface area contributed by atoms with Crippen molar-refractivity contribution in [3.63, 3.8) is 0 Å². The normalized spacial score (nSPS) is 18.6. The first-order chi connectivity index (χ1) is 9.54. The fourth-order valence-electron chi connectivity index (χ4n) is 2.54. The standard InChI is InChI=1S/C14H13FN2O3/c15-10-1-2-11-9(5-10)6-12(16-11)13(18)17-4-3-8(7-17)14(19)20/h1-2,5-6,8,16H,3-4,7H2,(H,19,20). The van der Waals surface area contributed by atoms with Crippen LogP contribution in [0.1, 0.15) is 16.9 Å². The lowest BCUT2D eigenvalue weighted by molar-refractivity contribution is -0.141. The van der Waals surface area contributed by atoms with Gasteiger partial charge in [0, 0.05) is 24.0 Å². The maximum absolute atomic E-state index is 13.1. The molecular weight excluding hydrogens is 263 g/mol. The van der Waals surface area contributed by atoms with Crippen LogP contribution in [0.5, 0.6) is 0 Å². The number of nitrogens with zero attached hydrogens (tertiary/aromatic N) is 1. The minimum absolute atomic E-state index is 0.220. The smallest absolute Gasteiger partial charge is 0.308 e. The molecule has 0 spiro atoms. The predicted molar refractivity (Wildman–Crippen MR) is 69.9 cm³/mol. The van der Waals surface area contributed by atoms with Crippen LogP contribution in [-0.2, 0) is 4.79 Å². The van der Waals surface area contributed by atoms with Crippen LogP contribution in [0, 0.1) is 11.7 Å². The van der Waals surface area contributed by atoms with Gasteiger partial charge in [0.2, 0.25) is 0 Å². The highest BCUT2D eigenvalue weighted by molar-refractivity contribution is 5.98. The Morgan fingerprint density at radius 1 is 1.35 bits per heavy atom. The Balaban J connectivity index is 1.84. The Morgan fingerprint density at radius 2 is 2.15 bits per heavy atom. The number of benzene rings is 1. The Labute approximate surface area is 114 Å². The van der Waals surface area contributed by atoms with E-state index in [0.717, 1.165) is 0 Å². The van der Waals surface area contributed by atoms with Gasteiger partial charge < -0.3 is 15.0 Å². The van der Waals surface area contributed by atoms with E-state index < -0.39 is 11.9 Å². The highest BCUT2D eigenvalue weighted by atomic mass is 19.1. The molecular formula is C14H13FN2O3. The number of aliphatic carboxylic acids is 1. The molecule has 1 aliphatic heterocycles. The first-order valence-electron chi connectivity index (χ1n) is 6.35. The summed E-state index contributed by atoms with van der Waals surface area (Å²) in [5, 5.41) is 9.57. The molecule has 1 saturated heterocycles. The average molecular weight is 276 g/mol. The number of carbonyl (C=O) groups excluding carboxylic acids is 1. The molecule has 1 aromatic heterocycles. The molecule has 1 aromatic carbocycles. The summed E-state index contributed by atoms with van der Waals surface area (Å²) < 4.78 is 13.1. The molecule has 0 radical (unpaired) electrons. The lowest BCUT2D eigenvalue weighted by atomic mass is 10.1. The van der Waals surface area contributed by atoms with Crippen molar-refractivity contribution in [2.45, 2.75) is 6.42 Å². The molecule has 3 rings (SSSR count). The first-order valence-corrected chi connectivity index (χ1v) is 6.35. The Bertz CT molecular complexity index is 695. The number of hydrogen-bond acceptors (Lipinski definition) is 2. The number of halogens is 1. The second-order valence-electron chi connectivity index (χ2n) is 4.99. The number of carbonyl (C=O) groups is 2. The van der Waals surface area contributed by atoms with E-state index in [-0.39, 0.29) is 18.3 Å². The van der Waals surface area contributed by atoms with Crippen LogP contribution in [0.25, 0.3) is 10.9 Å². The molecule has 104 valence electrons. The van der Waals surface area contributed by atoms with Gasteiger partial charge in [0.25, 0.3) is 5.91 Å². The Morgan fingerprint density at radius 3 is 2.85 bits per heavy atom. The summed E-state index contributed by atoms with van der Waals surface area (Å²) in [5.41, 5.74) is 1.04. The molecule has 1 atom stereocenters. The quantitative estimate of drug-likeness (QED) is 0.879. The third-order valence-corrected chi connectivity index (χ3v) is 3.64. The molecule has 2 N–H and O–H groups in total. The molecule has 1 fully saturated rings. The van der Waals surface area contributed by atoms with Gasteiger partial charge in [-0.25, -0.2) is 4.39 Å². The van der Waals surface area contributed by atoms with Crippen LogP contribution in [-0.4, -0.2) is 40.0 Å². The van der Waals surface area contributed by atoms with Crippen molar-refractivity contribution < 1.29 is 19.1 Å². The first kappa shape index (κ1) is 12.7. The van der Waals surface area contributed by atoms with Crippen LogP contribution >= 0.6 is 0 Å². The van der Waals surface area contributed by atoms with E-state index >= 15 is 0 Å². The van der Waals surface area contributed by atoms with Gasteiger partial charge >= 0.3 is 5.97 Å². The van der Waals surface area contributed by atoms with E-state index in [2.05, 4.69) is 4.98 Å². The highest BCUT2D eigenvalue weighted by Crippen LogP contribution is 2.21. The molecule has 0 aliphatic carbocycles. The number of fused-ring (bicyclic) bond motifs is 1. The SMILES string of the molecule is O=C(O)C1CCN(C(=O)c2cc3cc(F)ccc3[nH]2)C1. The molecule has 2 heterocycles. The van der Waals surface area contributed by atoms with Gasteiger partial charge in [0.1, 0.15) is 11.5 Å². The van der Waals surface area contributed by atoms with Gasteiger partial charge in [-0.15, -0.1) is 0 Å². The van der Waals surface area contributed by atoms with Crippen LogP contribution in [0.15, 0.2) is 24.3 Å². The zero-order valence-corrected chi connectivity index (χ0v) is 10.6. The lowest BCUT2D eigenvalue weighted by Crippen LogP contribution is -2.30. The number of H-pyrrole nitrogens is 1. The fraction of sp³-hybridized carbons (Fsp3) is 0.286. The Hall–Kier alpha value is -2.37. The number of hydrogen-bond donors (Lipinski definition) is 2. The fourth-order valence-corrected chi connectivity index (χ4v) is 2.54. The van der Waals surface area contributed by atoms with Gasteiger partial charge in [0.05, 0.1) is 5.92 Å². The molecule has 5 nitrogen and oxygen atoms in total. The second kappa shape index (κ2) is 4.63. The van der Waals surface area contributed by atoms with Gasteiger partial charge in [-0.1, -0.05) is 0 Å². The van der Waals surface area contributed by atoms with Crippen molar-refractivity contribution in [3.8, 4) is 0 Å². The van der Waals surface area contributed by atoms with E-state index in [0.29, 0.717) is 29.6 Å². The van der Waals surface area contributed by atoms with Gasteiger partial charge in [-0.3, -0.25) is 9.59 Å². The number of aromatic nitrogens is 1. The van der Waals surface area contributed by atoms with Crippen LogP contribution < -0.4 is 0 Å². The number of rotatable bonds is 2. The summed E-state index contributed by atoms with van der Waals surface area (Å²) >= 11 is 0. The number of carboxylic acids is 1. The number of nitrogens with one attached hydrogen (secondary N) is 1. The number of aromatic amines is 1. The molecule has 0 bridgehead atoms. The van der Waals surface area contributed by atoms with E-state index in [4.69, 9.17) is 5.11 Å². The van der Waals surface area contributed by atoms with E-state index in [1.807, 2.05) is 0 Å². The van der Waals surface area contributed by atoms with Crippen molar-refractivity contribution >= 4 is 22.8 Å². The summed E-state index contributed by atoms with van der Waals surface area (Å²) in [6.45, 7) is 0.650. The topological polar surface area (TPSA) is 73.4 Å². The minimum atomic E-state index is -0.876. The zero-order valence-electron chi connectivity index (χ0n) is 10.6. The molecule has 2 aromatic rings. The summed E-state index contributed by atoms with van der Waals surface area (Å²) in [6, 6.07) is 5.84. The van der Waals surface area contributed by atoms with E-state index in [1.165, 1.54) is 17.0 Å². The predicted octanol–water partition coefficient (Wildman–Crippen LogP) is 1.85. The van der Waals surface area contributed by atoms with Gasteiger partial charge in [-0.2, -0.15) is 0 Å². The van der Waals surface area contributed by atoms with Gasteiger partial charge in [-0.05, 0) is 30.7 Å². The van der Waals surface area contributed by atoms with Crippen molar-refractivity contribution in [1.82, 2.24) is 9.88 Å². The number of carboxylic acid groups (broad SMARTS) is 1. The molecule has 0 saturated carbocycles. The summed E-state index contributed by atoms with van der Waals surface area (Å²) in [7, 11) is 0. The molecule has 6 heteroatoms. The van der Waals surface area contributed by atoms with Crippen LogP contribution in [0.2, 0.25) is 0 Å². The average Bonchev–Trinajstić information content (AvgIpc) is 3.03. The maximum atomic E-state index is 13.1. The molecule has 20 heavy (non-hydrogen) atoms. The number of likely N-dealkylation sites (tertiary alicyclic amines) is 1. The third-order valence-electron chi connectivity index (χ3n) is 3.64. The molecule has 1 aliphatic rings. The van der Waals surface area contributed by atoms with Crippen molar-refractivity contribution in [2.75, 3.05) is 13.1 Å². The third kappa shape index (κ3) is 2.13. The van der Waals surface area contributed by atoms with Crippen LogP contribution in [0.4, 0.5) is 4.39 Å².